The fraction of sp³-hybridized carbons (Fsp3) is 0.640. The van der Waals surface area contributed by atoms with E-state index in [-0.39, 0.29) is 12.3 Å². The average molecular weight is 453 g/mol. The van der Waals surface area contributed by atoms with Crippen molar-refractivity contribution in [2.24, 2.45) is 0 Å². The van der Waals surface area contributed by atoms with Gasteiger partial charge < -0.3 is 24.1 Å². The van der Waals surface area contributed by atoms with Gasteiger partial charge in [0.05, 0.1) is 17.3 Å². The van der Waals surface area contributed by atoms with Crippen molar-refractivity contribution in [2.45, 2.75) is 96.7 Å². The van der Waals surface area contributed by atoms with Crippen molar-refractivity contribution >= 4 is 24.1 Å². The molecule has 3 heterocycles. The summed E-state index contributed by atoms with van der Waals surface area (Å²) in [6.07, 6.45) is 6.98. The van der Waals surface area contributed by atoms with Gasteiger partial charge in [-0.05, 0) is 79.2 Å². The number of hydrogen-bond donors (Lipinski definition) is 1. The maximum atomic E-state index is 6.39. The SMILES string of the molecule is Cc1cc(Nc2ccc(B3OC(C)(C)C(C)(C)O3)c(OC3CCC3)c2)nn1C1CCCCO1. The Bertz CT molecular complexity index is 980. The minimum atomic E-state index is -0.455. The van der Waals surface area contributed by atoms with Gasteiger partial charge >= 0.3 is 7.12 Å². The number of anilines is 2. The predicted octanol–water partition coefficient (Wildman–Crippen LogP) is 4.86. The molecule has 1 aromatic carbocycles. The highest BCUT2D eigenvalue weighted by molar-refractivity contribution is 6.63. The third kappa shape index (κ3) is 4.53. The Kier molecular flexibility index (Phi) is 5.96. The first-order valence-electron chi connectivity index (χ1n) is 12.3. The van der Waals surface area contributed by atoms with E-state index in [1.807, 2.05) is 22.9 Å². The summed E-state index contributed by atoms with van der Waals surface area (Å²) in [5.74, 6) is 1.62. The van der Waals surface area contributed by atoms with Crippen molar-refractivity contribution < 1.29 is 18.8 Å². The first-order chi connectivity index (χ1) is 15.7. The average Bonchev–Trinajstić information content (AvgIpc) is 3.20. The normalized spacial score (nSPS) is 24.5. The molecule has 8 heteroatoms. The lowest BCUT2D eigenvalue weighted by atomic mass is 9.78. The second-order valence-electron chi connectivity index (χ2n) is 10.6. The molecule has 0 spiro atoms. The van der Waals surface area contributed by atoms with Gasteiger partial charge in [0, 0.05) is 35.6 Å². The Labute approximate surface area is 197 Å². The van der Waals surface area contributed by atoms with Crippen LogP contribution < -0.4 is 15.5 Å². The Morgan fingerprint density at radius 1 is 1.03 bits per heavy atom. The van der Waals surface area contributed by atoms with Crippen LogP contribution in [0, 0.1) is 6.92 Å². The van der Waals surface area contributed by atoms with Gasteiger partial charge in [0.15, 0.2) is 12.0 Å². The van der Waals surface area contributed by atoms with Crippen molar-refractivity contribution in [2.75, 3.05) is 11.9 Å². The van der Waals surface area contributed by atoms with Crippen molar-refractivity contribution in [3.8, 4) is 5.75 Å². The van der Waals surface area contributed by atoms with Crippen molar-refractivity contribution in [3.05, 3.63) is 30.0 Å². The number of ether oxygens (including phenoxy) is 2. The predicted molar refractivity (Wildman–Crippen MR) is 130 cm³/mol. The van der Waals surface area contributed by atoms with Gasteiger partial charge in [-0.1, -0.05) is 6.07 Å². The van der Waals surface area contributed by atoms with Crippen molar-refractivity contribution in [1.82, 2.24) is 9.78 Å². The van der Waals surface area contributed by atoms with Gasteiger partial charge in [0.25, 0.3) is 0 Å². The summed E-state index contributed by atoms with van der Waals surface area (Å²) >= 11 is 0. The van der Waals surface area contributed by atoms with Crippen LogP contribution in [0.1, 0.15) is 78.1 Å². The summed E-state index contributed by atoms with van der Waals surface area (Å²) in [4.78, 5) is 0. The lowest BCUT2D eigenvalue weighted by Crippen LogP contribution is -2.41. The molecule has 33 heavy (non-hydrogen) atoms. The monoisotopic (exact) mass is 453 g/mol. The molecule has 5 rings (SSSR count). The van der Waals surface area contributed by atoms with Crippen LogP contribution in [0.4, 0.5) is 11.5 Å². The lowest BCUT2D eigenvalue weighted by molar-refractivity contribution is -0.0404. The van der Waals surface area contributed by atoms with Gasteiger partial charge in [0.2, 0.25) is 0 Å². The van der Waals surface area contributed by atoms with E-state index in [1.165, 1.54) is 12.8 Å². The molecule has 3 fully saturated rings. The first-order valence-corrected chi connectivity index (χ1v) is 12.3. The number of aryl methyl sites for hydroxylation is 1. The fourth-order valence-corrected chi connectivity index (χ4v) is 4.45. The summed E-state index contributed by atoms with van der Waals surface area (Å²) < 4.78 is 26.9. The molecule has 7 nitrogen and oxygen atoms in total. The highest BCUT2D eigenvalue weighted by Gasteiger charge is 2.52. The van der Waals surface area contributed by atoms with E-state index in [4.69, 9.17) is 23.9 Å². The fourth-order valence-electron chi connectivity index (χ4n) is 4.45. The third-order valence-electron chi connectivity index (χ3n) is 7.49. The zero-order valence-corrected chi connectivity index (χ0v) is 20.5. The van der Waals surface area contributed by atoms with Crippen LogP contribution in [-0.2, 0) is 14.0 Å². The zero-order valence-electron chi connectivity index (χ0n) is 20.5. The van der Waals surface area contributed by atoms with Crippen molar-refractivity contribution in [3.63, 3.8) is 0 Å². The molecule has 3 aliphatic rings. The summed E-state index contributed by atoms with van der Waals surface area (Å²) in [5.41, 5.74) is 2.16. The van der Waals surface area contributed by atoms with E-state index in [0.717, 1.165) is 60.7 Å². The third-order valence-corrected chi connectivity index (χ3v) is 7.49. The number of nitrogens with one attached hydrogen (secondary N) is 1. The molecule has 0 bridgehead atoms. The first kappa shape index (κ1) is 22.8. The second kappa shape index (κ2) is 8.64. The molecule has 1 atom stereocenters. The van der Waals surface area contributed by atoms with E-state index in [1.54, 1.807) is 0 Å². The molecule has 1 saturated carbocycles. The highest BCUT2D eigenvalue weighted by atomic mass is 16.7. The van der Waals surface area contributed by atoms with Crippen LogP contribution in [0.2, 0.25) is 0 Å². The van der Waals surface area contributed by atoms with Gasteiger partial charge in [-0.15, -0.1) is 0 Å². The van der Waals surface area contributed by atoms with Gasteiger partial charge in [-0.2, -0.15) is 5.10 Å². The Hall–Kier alpha value is -2.03. The van der Waals surface area contributed by atoms with Crippen LogP contribution in [0.5, 0.6) is 5.75 Å². The maximum Gasteiger partial charge on any atom is 0.498 e. The Morgan fingerprint density at radius 2 is 1.79 bits per heavy atom. The number of aromatic nitrogens is 2. The van der Waals surface area contributed by atoms with E-state index in [0.29, 0.717) is 0 Å². The van der Waals surface area contributed by atoms with Gasteiger partial charge in [0.1, 0.15) is 5.75 Å². The van der Waals surface area contributed by atoms with Crippen LogP contribution in [0.15, 0.2) is 24.3 Å². The summed E-state index contributed by atoms with van der Waals surface area (Å²) in [7, 11) is -0.455. The molecule has 1 unspecified atom stereocenters. The molecule has 1 N–H and O–H groups in total. The molecular formula is C25H36BN3O4. The number of nitrogens with zero attached hydrogens (tertiary/aromatic N) is 2. The summed E-state index contributed by atoms with van der Waals surface area (Å²) in [5, 5.41) is 8.23. The molecule has 0 radical (unpaired) electrons. The van der Waals surface area contributed by atoms with Crippen LogP contribution >= 0.6 is 0 Å². The van der Waals surface area contributed by atoms with E-state index in [2.05, 4.69) is 46.0 Å². The molecule has 2 aliphatic heterocycles. The van der Waals surface area contributed by atoms with E-state index in [9.17, 15) is 0 Å². The largest absolute Gasteiger partial charge is 0.498 e. The van der Waals surface area contributed by atoms with E-state index >= 15 is 0 Å². The molecule has 2 aromatic rings. The molecule has 178 valence electrons. The standard InChI is InChI=1S/C25H36BN3O4/c1-17-15-22(28-29(17)23-11-6-7-14-30-23)27-18-12-13-20(21(16-18)31-19-9-8-10-19)26-32-24(2,3)25(4,5)33-26/h12-13,15-16,19,23H,6-11,14H2,1-5H3,(H,27,28). The molecule has 0 amide bonds. The van der Waals surface area contributed by atoms with E-state index < -0.39 is 18.3 Å². The molecular weight excluding hydrogens is 417 g/mol. The number of hydrogen-bond acceptors (Lipinski definition) is 6. The number of rotatable bonds is 6. The summed E-state index contributed by atoms with van der Waals surface area (Å²) in [6, 6.07) is 8.20. The Balaban J connectivity index is 1.38. The zero-order chi connectivity index (χ0) is 23.2. The summed E-state index contributed by atoms with van der Waals surface area (Å²) in [6.45, 7) is 11.2. The van der Waals surface area contributed by atoms with Crippen LogP contribution in [-0.4, -0.2) is 40.8 Å². The maximum absolute atomic E-state index is 6.39. The van der Waals surface area contributed by atoms with Gasteiger partial charge in [-0.3, -0.25) is 0 Å². The van der Waals surface area contributed by atoms with Crippen LogP contribution in [0.3, 0.4) is 0 Å². The molecule has 1 aromatic heterocycles. The highest BCUT2D eigenvalue weighted by Crippen LogP contribution is 2.38. The second-order valence-corrected chi connectivity index (χ2v) is 10.6. The molecule has 2 saturated heterocycles. The topological polar surface area (TPSA) is 66.8 Å². The minimum Gasteiger partial charge on any atom is -0.491 e. The molecule has 1 aliphatic carbocycles. The van der Waals surface area contributed by atoms with Crippen molar-refractivity contribution in [1.29, 1.82) is 0 Å². The smallest absolute Gasteiger partial charge is 0.491 e. The number of benzene rings is 1. The Morgan fingerprint density at radius 3 is 2.42 bits per heavy atom. The lowest BCUT2D eigenvalue weighted by Gasteiger charge is -2.32. The van der Waals surface area contributed by atoms with Gasteiger partial charge in [-0.25, -0.2) is 4.68 Å². The quantitative estimate of drug-likeness (QED) is 0.630. The minimum absolute atomic E-state index is 0.0255. The van der Waals surface area contributed by atoms with Crippen LogP contribution in [0.25, 0.3) is 0 Å².